The molecule has 0 saturated carbocycles. The van der Waals surface area contributed by atoms with Gasteiger partial charge in [-0.15, -0.1) is 0 Å². The molecule has 2 aromatic rings. The summed E-state index contributed by atoms with van der Waals surface area (Å²) in [5.41, 5.74) is 0. The molecule has 0 radical (unpaired) electrons. The van der Waals surface area contributed by atoms with Crippen LogP contribution in [0.1, 0.15) is 12.8 Å². The second-order valence-corrected chi connectivity index (χ2v) is 5.37. The first-order valence-corrected chi connectivity index (χ1v) is 7.38. The van der Waals surface area contributed by atoms with Gasteiger partial charge in [0.05, 0.1) is 19.5 Å². The molecule has 0 amide bonds. The molecule has 0 spiro atoms. The van der Waals surface area contributed by atoms with Crippen molar-refractivity contribution in [3.63, 3.8) is 0 Å². The fourth-order valence-corrected chi connectivity index (χ4v) is 2.61. The predicted octanol–water partition coefficient (Wildman–Crippen LogP) is 2.68. The average Bonchev–Trinajstić information content (AvgIpc) is 2.96. The molecule has 1 aromatic carbocycles. The van der Waals surface area contributed by atoms with E-state index in [4.69, 9.17) is 9.47 Å². The van der Waals surface area contributed by atoms with Gasteiger partial charge in [-0.25, -0.2) is 0 Å². The smallest absolute Gasteiger partial charge is 0.165 e. The maximum Gasteiger partial charge on any atom is 0.165 e. The number of hydrogen-bond donors (Lipinski definition) is 1. The van der Waals surface area contributed by atoms with Gasteiger partial charge in [0.15, 0.2) is 5.75 Å². The molecule has 3 rings (SSSR count). The largest absolute Gasteiger partial charge is 0.497 e. The topological polar surface area (TPSA) is 48.3 Å². The molecule has 1 aliphatic heterocycles. The maximum absolute atomic E-state index is 5.80. The van der Waals surface area contributed by atoms with E-state index in [0.29, 0.717) is 5.92 Å². The number of ether oxygens (including phenoxy) is 2. The molecular weight excluding hydrogens is 266 g/mol. The summed E-state index contributed by atoms with van der Waals surface area (Å²) in [5.74, 6) is 3.09. The van der Waals surface area contributed by atoms with E-state index in [0.717, 1.165) is 36.9 Å². The Morgan fingerprint density at radius 1 is 1.14 bits per heavy atom. The van der Waals surface area contributed by atoms with Gasteiger partial charge in [-0.2, -0.15) is 5.10 Å². The Kier molecular flexibility index (Phi) is 4.40. The third-order valence-corrected chi connectivity index (χ3v) is 3.81. The molecule has 1 saturated heterocycles. The molecule has 1 aliphatic rings. The maximum atomic E-state index is 5.80. The van der Waals surface area contributed by atoms with Crippen molar-refractivity contribution >= 4 is 0 Å². The van der Waals surface area contributed by atoms with Crippen LogP contribution < -0.4 is 14.8 Å². The number of aromatic nitrogens is 2. The summed E-state index contributed by atoms with van der Waals surface area (Å²) in [6, 6.07) is 7.55. The second-order valence-electron chi connectivity index (χ2n) is 5.37. The summed E-state index contributed by atoms with van der Waals surface area (Å²) < 4.78 is 12.9. The first kappa shape index (κ1) is 13.9. The van der Waals surface area contributed by atoms with Gasteiger partial charge < -0.3 is 14.8 Å². The lowest BCUT2D eigenvalue weighted by Gasteiger charge is -2.22. The molecule has 21 heavy (non-hydrogen) atoms. The number of nitrogens with one attached hydrogen (secondary N) is 1. The van der Waals surface area contributed by atoms with Crippen LogP contribution in [0.15, 0.2) is 36.7 Å². The quantitative estimate of drug-likeness (QED) is 0.918. The number of piperidine rings is 1. The van der Waals surface area contributed by atoms with E-state index in [2.05, 4.69) is 10.4 Å². The van der Waals surface area contributed by atoms with Crippen molar-refractivity contribution in [2.45, 2.75) is 19.4 Å². The van der Waals surface area contributed by atoms with E-state index in [1.807, 2.05) is 35.1 Å². The predicted molar refractivity (Wildman–Crippen MR) is 80.9 cm³/mol. The normalized spacial score (nSPS) is 15.9. The van der Waals surface area contributed by atoms with Gasteiger partial charge in [-0.3, -0.25) is 4.68 Å². The van der Waals surface area contributed by atoms with E-state index >= 15 is 0 Å². The Hall–Kier alpha value is -2.01. The van der Waals surface area contributed by atoms with Gasteiger partial charge in [0.1, 0.15) is 11.5 Å². The molecule has 112 valence electrons. The van der Waals surface area contributed by atoms with E-state index in [1.165, 1.54) is 12.8 Å². The summed E-state index contributed by atoms with van der Waals surface area (Å²) in [6.07, 6.45) is 6.17. The lowest BCUT2D eigenvalue weighted by molar-refractivity contribution is 0.321. The van der Waals surface area contributed by atoms with Crippen molar-refractivity contribution in [3.05, 3.63) is 36.7 Å². The highest BCUT2D eigenvalue weighted by atomic mass is 16.5. The molecule has 1 aromatic heterocycles. The molecule has 1 N–H and O–H groups in total. The zero-order valence-electron chi connectivity index (χ0n) is 12.3. The van der Waals surface area contributed by atoms with Gasteiger partial charge in [-0.1, -0.05) is 0 Å². The van der Waals surface area contributed by atoms with Crippen LogP contribution in [0, 0.1) is 5.92 Å². The minimum Gasteiger partial charge on any atom is -0.497 e. The van der Waals surface area contributed by atoms with Crippen LogP contribution in [0.25, 0.3) is 0 Å². The minimum absolute atomic E-state index is 0.708. The summed E-state index contributed by atoms with van der Waals surface area (Å²) in [5, 5.41) is 7.77. The lowest BCUT2D eigenvalue weighted by atomic mass is 9.98. The number of rotatable bonds is 5. The zero-order chi connectivity index (χ0) is 14.5. The Morgan fingerprint density at radius 2 is 1.86 bits per heavy atom. The number of nitrogens with zero attached hydrogens (tertiary/aromatic N) is 2. The fourth-order valence-electron chi connectivity index (χ4n) is 2.61. The van der Waals surface area contributed by atoms with Crippen LogP contribution in [0.4, 0.5) is 0 Å². The summed E-state index contributed by atoms with van der Waals surface area (Å²) in [4.78, 5) is 0. The van der Waals surface area contributed by atoms with Crippen LogP contribution in [0.2, 0.25) is 0 Å². The van der Waals surface area contributed by atoms with Crippen molar-refractivity contribution in [1.82, 2.24) is 15.1 Å². The monoisotopic (exact) mass is 287 g/mol. The Balaban J connectivity index is 1.58. The average molecular weight is 287 g/mol. The third kappa shape index (κ3) is 3.76. The van der Waals surface area contributed by atoms with E-state index < -0.39 is 0 Å². The molecule has 5 nitrogen and oxygen atoms in total. The van der Waals surface area contributed by atoms with Crippen molar-refractivity contribution < 1.29 is 9.47 Å². The highest BCUT2D eigenvalue weighted by Crippen LogP contribution is 2.24. The minimum atomic E-state index is 0.708. The molecule has 2 heterocycles. The van der Waals surface area contributed by atoms with E-state index in [-0.39, 0.29) is 0 Å². The van der Waals surface area contributed by atoms with Gasteiger partial charge >= 0.3 is 0 Å². The molecule has 0 unspecified atom stereocenters. The molecule has 0 bridgehead atoms. The first-order valence-electron chi connectivity index (χ1n) is 7.38. The lowest BCUT2D eigenvalue weighted by Crippen LogP contribution is -2.29. The Morgan fingerprint density at radius 3 is 2.57 bits per heavy atom. The first-order chi connectivity index (χ1) is 10.3. The highest BCUT2D eigenvalue weighted by molar-refractivity contribution is 5.34. The van der Waals surface area contributed by atoms with Crippen molar-refractivity contribution in [1.29, 1.82) is 0 Å². The van der Waals surface area contributed by atoms with Gasteiger partial charge in [-0.05, 0) is 56.1 Å². The van der Waals surface area contributed by atoms with Crippen LogP contribution in [-0.4, -0.2) is 30.0 Å². The molecule has 0 aliphatic carbocycles. The molecular formula is C16H21N3O2. The third-order valence-electron chi connectivity index (χ3n) is 3.81. The van der Waals surface area contributed by atoms with Crippen molar-refractivity contribution in [2.24, 2.45) is 5.92 Å². The highest BCUT2D eigenvalue weighted by Gasteiger charge is 2.14. The number of benzene rings is 1. The van der Waals surface area contributed by atoms with Crippen LogP contribution >= 0.6 is 0 Å². The number of hydrogen-bond acceptors (Lipinski definition) is 4. The van der Waals surface area contributed by atoms with E-state index in [1.54, 1.807) is 13.3 Å². The van der Waals surface area contributed by atoms with Gasteiger partial charge in [0, 0.05) is 6.54 Å². The van der Waals surface area contributed by atoms with Crippen molar-refractivity contribution in [3.8, 4) is 17.2 Å². The van der Waals surface area contributed by atoms with Crippen LogP contribution in [0.3, 0.4) is 0 Å². The Labute approximate surface area is 124 Å². The van der Waals surface area contributed by atoms with Gasteiger partial charge in [0.2, 0.25) is 0 Å². The molecule has 1 fully saturated rings. The van der Waals surface area contributed by atoms with Gasteiger partial charge in [0.25, 0.3) is 0 Å². The summed E-state index contributed by atoms with van der Waals surface area (Å²) in [6.45, 7) is 3.19. The van der Waals surface area contributed by atoms with Crippen LogP contribution in [-0.2, 0) is 6.54 Å². The molecule has 0 atom stereocenters. The van der Waals surface area contributed by atoms with Crippen molar-refractivity contribution in [2.75, 3.05) is 20.2 Å². The summed E-state index contributed by atoms with van der Waals surface area (Å²) in [7, 11) is 1.65. The zero-order valence-corrected chi connectivity index (χ0v) is 12.3. The van der Waals surface area contributed by atoms with Crippen LogP contribution in [0.5, 0.6) is 17.2 Å². The Bertz CT molecular complexity index is 559. The molecule has 5 heteroatoms. The second kappa shape index (κ2) is 6.63. The number of methoxy groups -OCH3 is 1. The standard InChI is InChI=1S/C16H21N3O2/c1-20-14-2-4-15(5-3-14)21-16-10-18-19(12-16)11-13-6-8-17-9-7-13/h2-5,10,12-13,17H,6-9,11H2,1H3. The van der Waals surface area contributed by atoms with E-state index in [9.17, 15) is 0 Å². The SMILES string of the molecule is COc1ccc(Oc2cnn(CC3CCNCC3)c2)cc1. The fraction of sp³-hybridized carbons (Fsp3) is 0.438. The summed E-state index contributed by atoms with van der Waals surface area (Å²) >= 11 is 0.